The molecule has 0 radical (unpaired) electrons. The van der Waals surface area contributed by atoms with Crippen LogP contribution in [-0.2, 0) is 0 Å². The quantitative estimate of drug-likeness (QED) is 0.703. The lowest BCUT2D eigenvalue weighted by Gasteiger charge is -2.06. The van der Waals surface area contributed by atoms with Crippen LogP contribution in [0.3, 0.4) is 0 Å². The van der Waals surface area contributed by atoms with Gasteiger partial charge in [-0.3, -0.25) is 0 Å². The van der Waals surface area contributed by atoms with Gasteiger partial charge in [0.1, 0.15) is 5.69 Å². The summed E-state index contributed by atoms with van der Waals surface area (Å²) < 4.78 is 13.8. The zero-order chi connectivity index (χ0) is 11.5. The lowest BCUT2D eigenvalue weighted by Crippen LogP contribution is -1.85. The van der Waals surface area contributed by atoms with Crippen LogP contribution in [0.25, 0.3) is 11.1 Å². The Balaban J connectivity index is 2.65. The molecule has 0 amide bonds. The maximum absolute atomic E-state index is 13.8. The minimum atomic E-state index is -0.648. The van der Waals surface area contributed by atoms with Gasteiger partial charge >= 0.3 is 0 Å². The molecular formula is C12H7ClFNO. The Morgan fingerprint density at radius 3 is 2.38 bits per heavy atom. The minimum Gasteiger partial charge on any atom is -0.204 e. The molecule has 2 aromatic carbocycles. The Hall–Kier alpha value is -1.74. The molecule has 2 rings (SSSR count). The van der Waals surface area contributed by atoms with Crippen molar-refractivity contribution < 1.29 is 4.39 Å². The zero-order valence-electron chi connectivity index (χ0n) is 8.15. The Morgan fingerprint density at radius 2 is 1.69 bits per heavy atom. The summed E-state index contributed by atoms with van der Waals surface area (Å²) in [7, 11) is 0. The van der Waals surface area contributed by atoms with Crippen LogP contribution in [0.2, 0.25) is 5.02 Å². The van der Waals surface area contributed by atoms with Gasteiger partial charge in [-0.05, 0) is 17.3 Å². The van der Waals surface area contributed by atoms with Gasteiger partial charge in [0.25, 0.3) is 0 Å². The van der Waals surface area contributed by atoms with Crippen LogP contribution in [0.1, 0.15) is 0 Å². The average Bonchev–Trinajstić information content (AvgIpc) is 2.31. The van der Waals surface area contributed by atoms with Crippen molar-refractivity contribution in [3.63, 3.8) is 0 Å². The highest BCUT2D eigenvalue weighted by Crippen LogP contribution is 2.33. The predicted molar refractivity (Wildman–Crippen MR) is 62.3 cm³/mol. The van der Waals surface area contributed by atoms with E-state index >= 15 is 0 Å². The molecule has 0 fully saturated rings. The van der Waals surface area contributed by atoms with Crippen LogP contribution in [0.4, 0.5) is 10.1 Å². The van der Waals surface area contributed by atoms with E-state index in [0.29, 0.717) is 10.6 Å². The van der Waals surface area contributed by atoms with E-state index in [1.54, 1.807) is 36.4 Å². The summed E-state index contributed by atoms with van der Waals surface area (Å²) in [6.07, 6.45) is 0. The molecule has 2 nitrogen and oxygen atoms in total. The van der Waals surface area contributed by atoms with Crippen molar-refractivity contribution >= 4 is 17.3 Å². The highest BCUT2D eigenvalue weighted by atomic mass is 35.5. The van der Waals surface area contributed by atoms with E-state index in [9.17, 15) is 9.30 Å². The van der Waals surface area contributed by atoms with Gasteiger partial charge in [-0.1, -0.05) is 41.9 Å². The first-order chi connectivity index (χ1) is 7.74. The van der Waals surface area contributed by atoms with Crippen LogP contribution in [0, 0.1) is 10.7 Å². The molecule has 0 aromatic heterocycles. The van der Waals surface area contributed by atoms with Gasteiger partial charge in [-0.2, -0.15) is 0 Å². The topological polar surface area (TPSA) is 29.4 Å². The zero-order valence-corrected chi connectivity index (χ0v) is 8.91. The molecule has 0 aliphatic rings. The van der Waals surface area contributed by atoms with Crippen molar-refractivity contribution in [1.82, 2.24) is 0 Å². The number of nitrogens with zero attached hydrogens (tertiary/aromatic N) is 1. The standard InChI is InChI=1S/C12H7ClFNO/c13-10-6-2-1-4-8(10)9-5-3-7-11(15-16)12(9)14/h1-7H. The molecule has 0 spiro atoms. The molecule has 80 valence electrons. The second kappa shape index (κ2) is 4.41. The number of hydrogen-bond acceptors (Lipinski definition) is 2. The molecule has 0 atom stereocenters. The second-order valence-corrected chi connectivity index (χ2v) is 3.62. The molecule has 0 unspecified atom stereocenters. The molecular weight excluding hydrogens is 229 g/mol. The summed E-state index contributed by atoms with van der Waals surface area (Å²) in [4.78, 5) is 10.4. The van der Waals surface area contributed by atoms with Crippen LogP contribution < -0.4 is 0 Å². The molecule has 0 saturated heterocycles. The summed E-state index contributed by atoms with van der Waals surface area (Å²) in [5, 5.41) is 3.05. The first kappa shape index (κ1) is 10.8. The molecule has 0 aliphatic heterocycles. The lowest BCUT2D eigenvalue weighted by molar-refractivity contribution is 0.633. The molecule has 2 aromatic rings. The first-order valence-electron chi connectivity index (χ1n) is 4.61. The van der Waals surface area contributed by atoms with Crippen molar-refractivity contribution in [1.29, 1.82) is 0 Å². The Bertz CT molecular complexity index is 542. The van der Waals surface area contributed by atoms with Crippen molar-refractivity contribution in [2.45, 2.75) is 0 Å². The van der Waals surface area contributed by atoms with Gasteiger partial charge < -0.3 is 0 Å². The second-order valence-electron chi connectivity index (χ2n) is 3.21. The lowest BCUT2D eigenvalue weighted by atomic mass is 10.0. The Kier molecular flexibility index (Phi) is 2.97. The number of rotatable bonds is 2. The van der Waals surface area contributed by atoms with E-state index in [1.807, 2.05) is 0 Å². The third-order valence-corrected chi connectivity index (χ3v) is 2.57. The van der Waals surface area contributed by atoms with Gasteiger partial charge in [0.05, 0.1) is 0 Å². The van der Waals surface area contributed by atoms with E-state index < -0.39 is 5.82 Å². The molecule has 0 bridgehead atoms. The van der Waals surface area contributed by atoms with Crippen LogP contribution >= 0.6 is 11.6 Å². The monoisotopic (exact) mass is 235 g/mol. The highest BCUT2D eigenvalue weighted by Gasteiger charge is 2.12. The Labute approximate surface area is 96.7 Å². The maximum Gasteiger partial charge on any atom is 0.160 e. The van der Waals surface area contributed by atoms with Crippen molar-refractivity contribution in [2.24, 2.45) is 5.18 Å². The molecule has 0 saturated carbocycles. The highest BCUT2D eigenvalue weighted by molar-refractivity contribution is 6.33. The summed E-state index contributed by atoms with van der Waals surface area (Å²) in [6, 6.07) is 11.3. The smallest absolute Gasteiger partial charge is 0.160 e. The van der Waals surface area contributed by atoms with Crippen molar-refractivity contribution in [3.8, 4) is 11.1 Å². The van der Waals surface area contributed by atoms with Crippen LogP contribution in [0.15, 0.2) is 47.6 Å². The fraction of sp³-hybridized carbons (Fsp3) is 0. The Morgan fingerprint density at radius 1 is 1.00 bits per heavy atom. The molecule has 0 aliphatic carbocycles. The van der Waals surface area contributed by atoms with Crippen LogP contribution in [0.5, 0.6) is 0 Å². The molecule has 0 N–H and O–H groups in total. The summed E-state index contributed by atoms with van der Waals surface area (Å²) in [5.41, 5.74) is 0.618. The van der Waals surface area contributed by atoms with E-state index in [2.05, 4.69) is 5.18 Å². The summed E-state index contributed by atoms with van der Waals surface area (Å²) in [6.45, 7) is 0. The van der Waals surface area contributed by atoms with Gasteiger partial charge in [-0.25, -0.2) is 4.39 Å². The average molecular weight is 236 g/mol. The van der Waals surface area contributed by atoms with Gasteiger partial charge in [0.2, 0.25) is 0 Å². The first-order valence-corrected chi connectivity index (χ1v) is 4.98. The SMILES string of the molecule is O=Nc1cccc(-c2ccccc2Cl)c1F. The van der Waals surface area contributed by atoms with E-state index in [1.165, 1.54) is 6.07 Å². The van der Waals surface area contributed by atoms with E-state index in [0.717, 1.165) is 0 Å². The van der Waals surface area contributed by atoms with E-state index in [-0.39, 0.29) is 11.3 Å². The number of halogens is 2. The molecule has 16 heavy (non-hydrogen) atoms. The summed E-state index contributed by atoms with van der Waals surface area (Å²) in [5.74, 6) is -0.648. The fourth-order valence-corrected chi connectivity index (χ4v) is 1.72. The van der Waals surface area contributed by atoms with Crippen molar-refractivity contribution in [3.05, 3.63) is 58.2 Å². The third-order valence-electron chi connectivity index (χ3n) is 2.24. The van der Waals surface area contributed by atoms with Gasteiger partial charge in [0.15, 0.2) is 5.82 Å². The number of hydrogen-bond donors (Lipinski definition) is 0. The minimum absolute atomic E-state index is 0.211. The number of benzene rings is 2. The summed E-state index contributed by atoms with van der Waals surface area (Å²) >= 11 is 5.95. The van der Waals surface area contributed by atoms with E-state index in [4.69, 9.17) is 11.6 Å². The van der Waals surface area contributed by atoms with Crippen LogP contribution in [-0.4, -0.2) is 0 Å². The largest absolute Gasteiger partial charge is 0.204 e. The van der Waals surface area contributed by atoms with Gasteiger partial charge in [-0.15, -0.1) is 4.91 Å². The normalized spacial score (nSPS) is 10.1. The maximum atomic E-state index is 13.8. The van der Waals surface area contributed by atoms with Crippen molar-refractivity contribution in [2.75, 3.05) is 0 Å². The number of nitroso groups, excluding NO2 is 1. The van der Waals surface area contributed by atoms with Gasteiger partial charge in [0, 0.05) is 16.1 Å². The predicted octanol–water partition coefficient (Wildman–Crippen LogP) is 4.54. The fourth-order valence-electron chi connectivity index (χ4n) is 1.48. The molecule has 0 heterocycles. The molecule has 4 heteroatoms. The third kappa shape index (κ3) is 1.82.